The highest BCUT2D eigenvalue weighted by Crippen LogP contribution is 2.16. The van der Waals surface area contributed by atoms with Crippen LogP contribution in [0.1, 0.15) is 38.1 Å². The minimum Gasteiger partial charge on any atom is -0.399 e. The van der Waals surface area contributed by atoms with E-state index in [1.807, 2.05) is 45.0 Å². The lowest BCUT2D eigenvalue weighted by atomic mass is 10.2. The SMILES string of the molecule is CCN(Cc1cccc(N)c1)c1cc(=O)[nH]c(C(C)C)n1. The maximum Gasteiger partial charge on any atom is 0.252 e. The molecule has 0 aliphatic rings. The second-order valence-electron chi connectivity index (χ2n) is 5.40. The summed E-state index contributed by atoms with van der Waals surface area (Å²) < 4.78 is 0. The molecule has 0 saturated heterocycles. The maximum absolute atomic E-state index is 11.8. The van der Waals surface area contributed by atoms with Crippen LogP contribution in [-0.2, 0) is 6.54 Å². The van der Waals surface area contributed by atoms with Crippen molar-refractivity contribution in [2.75, 3.05) is 17.2 Å². The summed E-state index contributed by atoms with van der Waals surface area (Å²) in [5.41, 5.74) is 7.54. The van der Waals surface area contributed by atoms with Gasteiger partial charge in [0.2, 0.25) is 0 Å². The number of benzene rings is 1. The fourth-order valence-corrected chi connectivity index (χ4v) is 2.17. The first-order chi connectivity index (χ1) is 9.99. The molecule has 0 amide bonds. The lowest BCUT2D eigenvalue weighted by Crippen LogP contribution is -2.26. The Bertz CT molecular complexity index is 663. The molecule has 1 aromatic carbocycles. The van der Waals surface area contributed by atoms with Gasteiger partial charge in [0.1, 0.15) is 11.6 Å². The summed E-state index contributed by atoms with van der Waals surface area (Å²) in [6, 6.07) is 9.31. The van der Waals surface area contributed by atoms with Crippen molar-refractivity contribution in [1.82, 2.24) is 9.97 Å². The van der Waals surface area contributed by atoms with Gasteiger partial charge in [0.05, 0.1) is 0 Å². The third-order valence-corrected chi connectivity index (χ3v) is 3.32. The highest BCUT2D eigenvalue weighted by molar-refractivity contribution is 5.44. The van der Waals surface area contributed by atoms with Crippen LogP contribution in [-0.4, -0.2) is 16.5 Å². The molecule has 5 nitrogen and oxygen atoms in total. The lowest BCUT2D eigenvalue weighted by molar-refractivity contribution is 0.741. The van der Waals surface area contributed by atoms with E-state index in [9.17, 15) is 4.79 Å². The van der Waals surface area contributed by atoms with Gasteiger partial charge < -0.3 is 15.6 Å². The fourth-order valence-electron chi connectivity index (χ4n) is 2.17. The number of aromatic amines is 1. The monoisotopic (exact) mass is 286 g/mol. The zero-order chi connectivity index (χ0) is 15.4. The Labute approximate surface area is 124 Å². The van der Waals surface area contributed by atoms with E-state index in [-0.39, 0.29) is 11.5 Å². The number of nitrogens with two attached hydrogens (primary N) is 1. The van der Waals surface area contributed by atoms with Gasteiger partial charge in [-0.15, -0.1) is 0 Å². The molecule has 3 N–H and O–H groups in total. The number of H-pyrrole nitrogens is 1. The van der Waals surface area contributed by atoms with E-state index >= 15 is 0 Å². The summed E-state index contributed by atoms with van der Waals surface area (Å²) >= 11 is 0. The quantitative estimate of drug-likeness (QED) is 0.828. The molecule has 0 saturated carbocycles. The Balaban J connectivity index is 2.31. The molecule has 0 aliphatic carbocycles. The molecule has 0 bridgehead atoms. The van der Waals surface area contributed by atoms with E-state index < -0.39 is 0 Å². The number of hydrogen-bond acceptors (Lipinski definition) is 4. The Hall–Kier alpha value is -2.30. The van der Waals surface area contributed by atoms with Gasteiger partial charge in [-0.05, 0) is 24.6 Å². The summed E-state index contributed by atoms with van der Waals surface area (Å²) in [5, 5.41) is 0. The van der Waals surface area contributed by atoms with E-state index in [1.54, 1.807) is 6.07 Å². The molecule has 112 valence electrons. The van der Waals surface area contributed by atoms with Crippen LogP contribution in [0.5, 0.6) is 0 Å². The Morgan fingerprint density at radius 1 is 1.33 bits per heavy atom. The van der Waals surface area contributed by atoms with E-state index in [1.165, 1.54) is 0 Å². The molecule has 2 rings (SSSR count). The first-order valence-corrected chi connectivity index (χ1v) is 7.20. The van der Waals surface area contributed by atoms with E-state index in [4.69, 9.17) is 5.73 Å². The molecule has 0 atom stereocenters. The minimum absolute atomic E-state index is 0.116. The molecule has 5 heteroatoms. The molecule has 1 aromatic heterocycles. The van der Waals surface area contributed by atoms with Crippen molar-refractivity contribution in [1.29, 1.82) is 0 Å². The van der Waals surface area contributed by atoms with Crippen LogP contribution in [0.25, 0.3) is 0 Å². The van der Waals surface area contributed by atoms with Gasteiger partial charge in [0.25, 0.3) is 5.56 Å². The summed E-state index contributed by atoms with van der Waals surface area (Å²) in [4.78, 5) is 21.2. The van der Waals surface area contributed by atoms with Gasteiger partial charge in [-0.2, -0.15) is 0 Å². The van der Waals surface area contributed by atoms with Crippen LogP contribution < -0.4 is 16.2 Å². The summed E-state index contributed by atoms with van der Waals surface area (Å²) in [5.74, 6) is 1.60. The number of nitrogen functional groups attached to an aromatic ring is 1. The van der Waals surface area contributed by atoms with Gasteiger partial charge in [-0.25, -0.2) is 4.98 Å². The smallest absolute Gasteiger partial charge is 0.252 e. The van der Waals surface area contributed by atoms with Crippen molar-refractivity contribution in [3.05, 3.63) is 52.1 Å². The largest absolute Gasteiger partial charge is 0.399 e. The summed E-state index contributed by atoms with van der Waals surface area (Å²) in [6.07, 6.45) is 0. The van der Waals surface area contributed by atoms with E-state index in [2.05, 4.69) is 14.9 Å². The predicted molar refractivity (Wildman–Crippen MR) is 86.5 cm³/mol. The second-order valence-corrected chi connectivity index (χ2v) is 5.40. The molecule has 0 radical (unpaired) electrons. The van der Waals surface area contributed by atoms with E-state index in [0.29, 0.717) is 18.2 Å². The number of nitrogens with one attached hydrogen (secondary N) is 1. The first kappa shape index (κ1) is 15.1. The van der Waals surface area contributed by atoms with Crippen molar-refractivity contribution in [2.24, 2.45) is 0 Å². The van der Waals surface area contributed by atoms with Crippen molar-refractivity contribution >= 4 is 11.5 Å². The fraction of sp³-hybridized carbons (Fsp3) is 0.375. The molecule has 1 heterocycles. The molecule has 0 unspecified atom stereocenters. The van der Waals surface area contributed by atoms with Gasteiger partial charge in [-0.1, -0.05) is 26.0 Å². The molecular weight excluding hydrogens is 264 g/mol. The van der Waals surface area contributed by atoms with Crippen molar-refractivity contribution in [3.63, 3.8) is 0 Å². The number of aromatic nitrogens is 2. The zero-order valence-corrected chi connectivity index (χ0v) is 12.8. The van der Waals surface area contributed by atoms with Crippen LogP contribution in [0.3, 0.4) is 0 Å². The van der Waals surface area contributed by atoms with Gasteiger partial charge in [0, 0.05) is 30.8 Å². The van der Waals surface area contributed by atoms with Crippen LogP contribution in [0.2, 0.25) is 0 Å². The van der Waals surface area contributed by atoms with Crippen LogP contribution in [0.4, 0.5) is 11.5 Å². The number of hydrogen-bond donors (Lipinski definition) is 2. The Morgan fingerprint density at radius 3 is 2.71 bits per heavy atom. The summed E-state index contributed by atoms with van der Waals surface area (Å²) in [7, 11) is 0. The van der Waals surface area contributed by atoms with E-state index in [0.717, 1.165) is 17.8 Å². The third kappa shape index (κ3) is 3.84. The van der Waals surface area contributed by atoms with Crippen LogP contribution in [0.15, 0.2) is 35.1 Å². The van der Waals surface area contributed by atoms with Crippen LogP contribution in [0, 0.1) is 0 Å². The first-order valence-electron chi connectivity index (χ1n) is 7.20. The molecule has 0 fully saturated rings. The van der Waals surface area contributed by atoms with Crippen molar-refractivity contribution in [2.45, 2.75) is 33.2 Å². The average molecular weight is 286 g/mol. The Kier molecular flexibility index (Phi) is 4.62. The van der Waals surface area contributed by atoms with Gasteiger partial charge in [0.15, 0.2) is 0 Å². The standard InChI is InChI=1S/C16H22N4O/c1-4-20(10-12-6-5-7-13(17)8-12)14-9-15(21)19-16(18-14)11(2)3/h5-9,11H,4,10,17H2,1-3H3,(H,18,19,21). The second kappa shape index (κ2) is 6.43. The normalized spacial score (nSPS) is 10.9. The lowest BCUT2D eigenvalue weighted by Gasteiger charge is -2.22. The molecular formula is C16H22N4O. The van der Waals surface area contributed by atoms with Crippen LogP contribution >= 0.6 is 0 Å². The predicted octanol–water partition coefficient (Wildman–Crippen LogP) is 2.50. The number of nitrogens with zero attached hydrogens (tertiary/aromatic N) is 2. The van der Waals surface area contributed by atoms with Gasteiger partial charge >= 0.3 is 0 Å². The molecule has 0 aliphatic heterocycles. The maximum atomic E-state index is 11.8. The van der Waals surface area contributed by atoms with Gasteiger partial charge in [-0.3, -0.25) is 4.79 Å². The highest BCUT2D eigenvalue weighted by Gasteiger charge is 2.11. The molecule has 0 spiro atoms. The number of anilines is 2. The minimum atomic E-state index is -0.116. The number of rotatable bonds is 5. The highest BCUT2D eigenvalue weighted by atomic mass is 16.1. The van der Waals surface area contributed by atoms with Crippen molar-refractivity contribution in [3.8, 4) is 0 Å². The summed E-state index contributed by atoms with van der Waals surface area (Å²) in [6.45, 7) is 7.51. The third-order valence-electron chi connectivity index (χ3n) is 3.32. The van der Waals surface area contributed by atoms with Crippen molar-refractivity contribution < 1.29 is 0 Å². The molecule has 21 heavy (non-hydrogen) atoms. The Morgan fingerprint density at radius 2 is 2.10 bits per heavy atom. The zero-order valence-electron chi connectivity index (χ0n) is 12.8. The topological polar surface area (TPSA) is 75.0 Å². The average Bonchev–Trinajstić information content (AvgIpc) is 2.44. The molecule has 2 aromatic rings.